The molecule has 2 saturated heterocycles. The minimum atomic E-state index is -0.786. The summed E-state index contributed by atoms with van der Waals surface area (Å²) < 4.78 is 16.6. The molecule has 0 saturated carbocycles. The maximum atomic E-state index is 10.4. The largest absolute Gasteiger partial charge is 0.481 e. The summed E-state index contributed by atoms with van der Waals surface area (Å²) in [6.07, 6.45) is 3.59. The zero-order valence-electron chi connectivity index (χ0n) is 9.26. The molecule has 3 unspecified atom stereocenters. The summed E-state index contributed by atoms with van der Waals surface area (Å²) in [7, 11) is 0. The van der Waals surface area contributed by atoms with E-state index in [1.807, 2.05) is 0 Å². The normalized spacial score (nSPS) is 34.4. The number of carboxylic acid groups (broad SMARTS) is 1. The highest BCUT2D eigenvalue weighted by Gasteiger charge is 2.29. The third-order valence-corrected chi connectivity index (χ3v) is 2.97. The summed E-state index contributed by atoms with van der Waals surface area (Å²) in [5.74, 6) is -0.786. The summed E-state index contributed by atoms with van der Waals surface area (Å²) in [6, 6.07) is 0. The van der Waals surface area contributed by atoms with Crippen LogP contribution in [0.15, 0.2) is 0 Å². The fourth-order valence-corrected chi connectivity index (χ4v) is 2.11. The lowest BCUT2D eigenvalue weighted by atomic mass is 10.2. The molecule has 0 radical (unpaired) electrons. The number of carbonyl (C=O) groups is 1. The van der Waals surface area contributed by atoms with Gasteiger partial charge in [-0.25, -0.2) is 0 Å². The van der Waals surface area contributed by atoms with Gasteiger partial charge in [-0.05, 0) is 19.3 Å². The second kappa shape index (κ2) is 5.61. The van der Waals surface area contributed by atoms with Gasteiger partial charge in [0.15, 0.2) is 6.29 Å². The first-order valence-electron chi connectivity index (χ1n) is 5.84. The van der Waals surface area contributed by atoms with Gasteiger partial charge in [-0.2, -0.15) is 0 Å². The third-order valence-electron chi connectivity index (χ3n) is 2.97. The number of hydrogen-bond acceptors (Lipinski definition) is 4. The maximum absolute atomic E-state index is 10.4. The molecule has 2 aliphatic heterocycles. The molecule has 2 fully saturated rings. The molecule has 5 heteroatoms. The average molecular weight is 230 g/mol. The minimum absolute atomic E-state index is 0.0671. The van der Waals surface area contributed by atoms with E-state index in [-0.39, 0.29) is 24.9 Å². The number of aliphatic carboxylic acids is 1. The fraction of sp³-hybridized carbons (Fsp3) is 0.909. The fourth-order valence-electron chi connectivity index (χ4n) is 2.11. The van der Waals surface area contributed by atoms with Crippen molar-refractivity contribution in [2.24, 2.45) is 0 Å². The SMILES string of the molecule is O=C(O)CCC1COC(CC2CCCO2)O1. The highest BCUT2D eigenvalue weighted by atomic mass is 16.7. The molecule has 2 rings (SSSR count). The number of carboxylic acids is 1. The Bertz CT molecular complexity index is 237. The first-order chi connectivity index (χ1) is 7.74. The first-order valence-corrected chi connectivity index (χ1v) is 5.84. The Labute approximate surface area is 94.7 Å². The van der Waals surface area contributed by atoms with Crippen LogP contribution in [0.4, 0.5) is 0 Å². The summed E-state index contributed by atoms with van der Waals surface area (Å²) in [6.45, 7) is 1.34. The number of ether oxygens (including phenoxy) is 3. The van der Waals surface area contributed by atoms with Crippen molar-refractivity contribution in [2.45, 2.75) is 50.6 Å². The van der Waals surface area contributed by atoms with Gasteiger partial charge in [-0.1, -0.05) is 0 Å². The van der Waals surface area contributed by atoms with Crippen LogP contribution < -0.4 is 0 Å². The smallest absolute Gasteiger partial charge is 0.303 e. The van der Waals surface area contributed by atoms with Crippen LogP contribution in [0.1, 0.15) is 32.1 Å². The van der Waals surface area contributed by atoms with Crippen molar-refractivity contribution in [3.63, 3.8) is 0 Å². The zero-order valence-corrected chi connectivity index (χ0v) is 9.26. The van der Waals surface area contributed by atoms with Gasteiger partial charge in [0.05, 0.1) is 18.8 Å². The van der Waals surface area contributed by atoms with Crippen LogP contribution in [-0.2, 0) is 19.0 Å². The molecule has 0 bridgehead atoms. The Morgan fingerprint density at radius 3 is 2.88 bits per heavy atom. The molecular formula is C11H18O5. The average Bonchev–Trinajstić information content (AvgIpc) is 2.87. The van der Waals surface area contributed by atoms with Gasteiger partial charge >= 0.3 is 5.97 Å². The molecule has 0 aliphatic carbocycles. The maximum Gasteiger partial charge on any atom is 0.303 e. The van der Waals surface area contributed by atoms with E-state index in [4.69, 9.17) is 19.3 Å². The minimum Gasteiger partial charge on any atom is -0.481 e. The van der Waals surface area contributed by atoms with Crippen LogP contribution in [0.5, 0.6) is 0 Å². The van der Waals surface area contributed by atoms with Crippen molar-refractivity contribution in [1.29, 1.82) is 0 Å². The van der Waals surface area contributed by atoms with Crippen LogP contribution in [0.2, 0.25) is 0 Å². The van der Waals surface area contributed by atoms with E-state index in [0.29, 0.717) is 13.0 Å². The summed E-state index contributed by atoms with van der Waals surface area (Å²) in [5.41, 5.74) is 0. The van der Waals surface area contributed by atoms with Crippen molar-refractivity contribution in [3.8, 4) is 0 Å². The Morgan fingerprint density at radius 2 is 2.19 bits per heavy atom. The molecule has 0 aromatic rings. The van der Waals surface area contributed by atoms with Gasteiger partial charge in [0.1, 0.15) is 0 Å². The Balaban J connectivity index is 1.64. The molecule has 0 amide bonds. The van der Waals surface area contributed by atoms with E-state index < -0.39 is 5.97 Å². The van der Waals surface area contributed by atoms with Gasteiger partial charge in [-0.15, -0.1) is 0 Å². The monoisotopic (exact) mass is 230 g/mol. The van der Waals surface area contributed by atoms with E-state index in [1.165, 1.54) is 0 Å². The van der Waals surface area contributed by atoms with Crippen molar-refractivity contribution >= 4 is 5.97 Å². The predicted molar refractivity (Wildman–Crippen MR) is 55.1 cm³/mol. The molecule has 0 aromatic heterocycles. The van der Waals surface area contributed by atoms with Crippen molar-refractivity contribution < 1.29 is 24.1 Å². The molecule has 3 atom stereocenters. The Kier molecular flexibility index (Phi) is 4.15. The van der Waals surface area contributed by atoms with Crippen LogP contribution in [0.3, 0.4) is 0 Å². The highest BCUT2D eigenvalue weighted by Crippen LogP contribution is 2.24. The second-order valence-corrected chi connectivity index (χ2v) is 4.32. The van der Waals surface area contributed by atoms with Gasteiger partial charge in [0.2, 0.25) is 0 Å². The van der Waals surface area contributed by atoms with Gasteiger partial charge in [0.25, 0.3) is 0 Å². The standard InChI is InChI=1S/C11H18O5/c12-10(13)4-3-9-7-15-11(16-9)6-8-2-1-5-14-8/h8-9,11H,1-7H2,(H,12,13). The summed E-state index contributed by atoms with van der Waals surface area (Å²) >= 11 is 0. The summed E-state index contributed by atoms with van der Waals surface area (Å²) in [4.78, 5) is 10.4. The summed E-state index contributed by atoms with van der Waals surface area (Å²) in [5, 5.41) is 8.55. The van der Waals surface area contributed by atoms with E-state index >= 15 is 0 Å². The molecule has 0 spiro atoms. The van der Waals surface area contributed by atoms with Gasteiger partial charge < -0.3 is 19.3 Å². The number of hydrogen-bond donors (Lipinski definition) is 1. The van der Waals surface area contributed by atoms with E-state index in [1.54, 1.807) is 0 Å². The molecular weight excluding hydrogens is 212 g/mol. The van der Waals surface area contributed by atoms with Crippen LogP contribution >= 0.6 is 0 Å². The van der Waals surface area contributed by atoms with Crippen LogP contribution in [0, 0.1) is 0 Å². The first kappa shape index (κ1) is 11.8. The Hall–Kier alpha value is -0.650. The van der Waals surface area contributed by atoms with E-state index in [9.17, 15) is 4.79 Å². The topological polar surface area (TPSA) is 65.0 Å². The van der Waals surface area contributed by atoms with Crippen molar-refractivity contribution in [3.05, 3.63) is 0 Å². The molecule has 0 aromatic carbocycles. The lowest BCUT2D eigenvalue weighted by Gasteiger charge is -2.14. The second-order valence-electron chi connectivity index (χ2n) is 4.32. The van der Waals surface area contributed by atoms with Gasteiger partial charge in [0, 0.05) is 19.4 Å². The quantitative estimate of drug-likeness (QED) is 0.767. The van der Waals surface area contributed by atoms with E-state index in [2.05, 4.69) is 0 Å². The van der Waals surface area contributed by atoms with Crippen LogP contribution in [-0.4, -0.2) is 42.8 Å². The predicted octanol–water partition coefficient (Wildman–Crippen LogP) is 1.16. The van der Waals surface area contributed by atoms with E-state index in [0.717, 1.165) is 25.9 Å². The molecule has 16 heavy (non-hydrogen) atoms. The molecule has 1 N–H and O–H groups in total. The highest BCUT2D eigenvalue weighted by molar-refractivity contribution is 5.66. The van der Waals surface area contributed by atoms with Crippen molar-refractivity contribution in [2.75, 3.05) is 13.2 Å². The van der Waals surface area contributed by atoms with Crippen LogP contribution in [0.25, 0.3) is 0 Å². The zero-order chi connectivity index (χ0) is 11.4. The van der Waals surface area contributed by atoms with Gasteiger partial charge in [-0.3, -0.25) is 4.79 Å². The molecule has 5 nitrogen and oxygen atoms in total. The van der Waals surface area contributed by atoms with Crippen molar-refractivity contribution in [1.82, 2.24) is 0 Å². The number of rotatable bonds is 5. The molecule has 2 heterocycles. The Morgan fingerprint density at radius 1 is 1.31 bits per heavy atom. The third kappa shape index (κ3) is 3.43. The molecule has 2 aliphatic rings. The lowest BCUT2D eigenvalue weighted by Crippen LogP contribution is -2.19. The molecule has 92 valence electrons. The lowest BCUT2D eigenvalue weighted by molar-refractivity contribution is -0.138.